The largest absolute Gasteiger partial charge is 0.462 e. The van der Waals surface area contributed by atoms with Crippen LogP contribution in [0.2, 0.25) is 0 Å². The van der Waals surface area contributed by atoms with Crippen LogP contribution in [0.1, 0.15) is 37.0 Å². The number of aromatic nitrogens is 3. The fourth-order valence-electron chi connectivity index (χ4n) is 2.83. The Morgan fingerprint density at radius 1 is 1.23 bits per heavy atom. The monoisotopic (exact) mass is 444 g/mol. The van der Waals surface area contributed by atoms with Crippen LogP contribution in [0.3, 0.4) is 0 Å². The van der Waals surface area contributed by atoms with Gasteiger partial charge in [-0.15, -0.1) is 21.5 Å². The van der Waals surface area contributed by atoms with Gasteiger partial charge in [0.25, 0.3) is 0 Å². The van der Waals surface area contributed by atoms with Gasteiger partial charge in [-0.2, -0.15) is 0 Å². The molecule has 1 N–H and O–H groups in total. The summed E-state index contributed by atoms with van der Waals surface area (Å²) in [5.74, 6) is 0.145. The van der Waals surface area contributed by atoms with Gasteiger partial charge >= 0.3 is 5.97 Å². The number of rotatable bonds is 8. The number of benzene rings is 1. The number of thiophene rings is 1. The van der Waals surface area contributed by atoms with Gasteiger partial charge in [-0.3, -0.25) is 4.79 Å². The lowest BCUT2D eigenvalue weighted by Gasteiger charge is -2.12. The predicted octanol–water partition coefficient (Wildman–Crippen LogP) is 4.63. The van der Waals surface area contributed by atoms with Gasteiger partial charge in [-0.25, -0.2) is 4.79 Å². The van der Waals surface area contributed by atoms with Crippen molar-refractivity contribution in [3.05, 3.63) is 47.8 Å². The Balaban J connectivity index is 1.82. The van der Waals surface area contributed by atoms with Gasteiger partial charge in [-0.05, 0) is 39.3 Å². The molecule has 9 heteroatoms. The summed E-state index contributed by atoms with van der Waals surface area (Å²) < 4.78 is 7.13. The van der Waals surface area contributed by atoms with E-state index in [1.807, 2.05) is 48.7 Å². The third-order valence-electron chi connectivity index (χ3n) is 4.39. The minimum Gasteiger partial charge on any atom is -0.462 e. The van der Waals surface area contributed by atoms with Gasteiger partial charge in [0.15, 0.2) is 5.16 Å². The SMILES string of the molecule is CCOC(=O)c1cc(-c2ccccc2)sc1NC(=O)C(C)Sc1nnc(C)n1CC. The molecule has 1 unspecified atom stereocenters. The molecule has 3 rings (SSSR count). The summed E-state index contributed by atoms with van der Waals surface area (Å²) in [6, 6.07) is 11.5. The number of hydrogen-bond acceptors (Lipinski definition) is 7. The second kappa shape index (κ2) is 9.90. The molecule has 3 aromatic rings. The van der Waals surface area contributed by atoms with Crippen molar-refractivity contribution in [3.63, 3.8) is 0 Å². The molecule has 1 aromatic carbocycles. The highest BCUT2D eigenvalue weighted by atomic mass is 32.2. The third kappa shape index (κ3) is 4.91. The number of nitrogens with zero attached hydrogens (tertiary/aromatic N) is 3. The van der Waals surface area contributed by atoms with Crippen LogP contribution in [0.5, 0.6) is 0 Å². The first kappa shape index (κ1) is 22.0. The second-order valence-electron chi connectivity index (χ2n) is 6.46. The molecule has 30 heavy (non-hydrogen) atoms. The standard InChI is InChI=1S/C21H24N4O3S2/c1-5-25-14(4)23-24-21(25)29-13(3)18(26)22-19-16(20(27)28-6-2)12-17(30-19)15-10-8-7-9-11-15/h7-13H,5-6H2,1-4H3,(H,22,26). The maximum atomic E-state index is 12.9. The molecule has 0 bridgehead atoms. The van der Waals surface area contributed by atoms with Gasteiger partial charge in [0.2, 0.25) is 5.91 Å². The van der Waals surface area contributed by atoms with Gasteiger partial charge in [0, 0.05) is 11.4 Å². The highest BCUT2D eigenvalue weighted by Crippen LogP contribution is 2.36. The van der Waals surface area contributed by atoms with E-state index in [1.54, 1.807) is 19.9 Å². The number of ether oxygens (including phenoxy) is 1. The number of aryl methyl sites for hydroxylation is 1. The van der Waals surface area contributed by atoms with Gasteiger partial charge < -0.3 is 14.6 Å². The fourth-order valence-corrected chi connectivity index (χ4v) is 4.84. The van der Waals surface area contributed by atoms with Crippen LogP contribution in [-0.2, 0) is 16.1 Å². The Hall–Kier alpha value is -2.65. The molecule has 0 aliphatic heterocycles. The molecule has 2 aromatic heterocycles. The topological polar surface area (TPSA) is 86.1 Å². The van der Waals surface area contributed by atoms with E-state index in [-0.39, 0.29) is 12.5 Å². The summed E-state index contributed by atoms with van der Waals surface area (Å²) in [6.07, 6.45) is 0. The number of anilines is 1. The Labute approximate surface area is 183 Å². The van der Waals surface area contributed by atoms with Crippen molar-refractivity contribution in [2.45, 2.75) is 44.6 Å². The van der Waals surface area contributed by atoms with E-state index in [0.29, 0.717) is 15.7 Å². The molecule has 0 fully saturated rings. The summed E-state index contributed by atoms with van der Waals surface area (Å²) in [6.45, 7) is 8.45. The molecule has 1 amide bonds. The fraction of sp³-hybridized carbons (Fsp3) is 0.333. The van der Waals surface area contributed by atoms with E-state index in [0.717, 1.165) is 22.8 Å². The van der Waals surface area contributed by atoms with Crippen LogP contribution in [0.25, 0.3) is 10.4 Å². The van der Waals surface area contributed by atoms with Crippen LogP contribution in [0, 0.1) is 6.92 Å². The molecular formula is C21H24N4O3S2. The van der Waals surface area contributed by atoms with Gasteiger partial charge in [0.1, 0.15) is 10.8 Å². The lowest BCUT2D eigenvalue weighted by molar-refractivity contribution is -0.115. The Morgan fingerprint density at radius 2 is 1.97 bits per heavy atom. The smallest absolute Gasteiger partial charge is 0.341 e. The van der Waals surface area contributed by atoms with E-state index in [9.17, 15) is 9.59 Å². The molecule has 158 valence electrons. The Kier molecular flexibility index (Phi) is 7.28. The third-order valence-corrected chi connectivity index (χ3v) is 6.57. The van der Waals surface area contributed by atoms with E-state index in [4.69, 9.17) is 4.74 Å². The highest BCUT2D eigenvalue weighted by molar-refractivity contribution is 8.00. The van der Waals surface area contributed by atoms with Crippen LogP contribution in [0.4, 0.5) is 5.00 Å². The molecule has 0 aliphatic carbocycles. The summed E-state index contributed by atoms with van der Waals surface area (Å²) in [4.78, 5) is 26.2. The molecule has 1 atom stereocenters. The molecule has 0 spiro atoms. The highest BCUT2D eigenvalue weighted by Gasteiger charge is 2.24. The quantitative estimate of drug-likeness (QED) is 0.403. The lowest BCUT2D eigenvalue weighted by Crippen LogP contribution is -2.23. The minimum atomic E-state index is -0.451. The first-order chi connectivity index (χ1) is 14.4. The molecule has 2 heterocycles. The maximum Gasteiger partial charge on any atom is 0.341 e. The first-order valence-electron chi connectivity index (χ1n) is 9.68. The molecule has 7 nitrogen and oxygen atoms in total. The predicted molar refractivity (Wildman–Crippen MR) is 120 cm³/mol. The molecule has 0 saturated heterocycles. The summed E-state index contributed by atoms with van der Waals surface area (Å²) in [7, 11) is 0. The van der Waals surface area contributed by atoms with Crippen molar-refractivity contribution in [3.8, 4) is 10.4 Å². The summed E-state index contributed by atoms with van der Waals surface area (Å²) in [5.41, 5.74) is 1.33. The number of hydrogen-bond donors (Lipinski definition) is 1. The molecule has 0 aliphatic rings. The number of carbonyl (C=O) groups is 2. The van der Waals surface area contributed by atoms with Crippen LogP contribution in [0.15, 0.2) is 41.6 Å². The first-order valence-corrected chi connectivity index (χ1v) is 11.4. The summed E-state index contributed by atoms with van der Waals surface area (Å²) >= 11 is 2.69. The zero-order chi connectivity index (χ0) is 21.7. The van der Waals surface area contributed by atoms with Crippen molar-refractivity contribution in [2.24, 2.45) is 0 Å². The van der Waals surface area contributed by atoms with Crippen molar-refractivity contribution >= 4 is 40.0 Å². The van der Waals surface area contributed by atoms with Crippen molar-refractivity contribution in [1.82, 2.24) is 14.8 Å². The van der Waals surface area contributed by atoms with Crippen LogP contribution >= 0.6 is 23.1 Å². The molecule has 0 saturated carbocycles. The number of esters is 1. The number of thioether (sulfide) groups is 1. The Bertz CT molecular complexity index is 1030. The van der Waals surface area contributed by atoms with Crippen molar-refractivity contribution in [2.75, 3.05) is 11.9 Å². The van der Waals surface area contributed by atoms with Crippen LogP contribution in [-0.4, -0.2) is 38.5 Å². The normalized spacial score (nSPS) is 11.9. The molecular weight excluding hydrogens is 420 g/mol. The van der Waals surface area contributed by atoms with E-state index in [2.05, 4.69) is 15.5 Å². The van der Waals surface area contributed by atoms with Gasteiger partial charge in [-0.1, -0.05) is 42.1 Å². The average Bonchev–Trinajstić information content (AvgIpc) is 3.32. The number of nitrogens with one attached hydrogen (secondary N) is 1. The van der Waals surface area contributed by atoms with E-state index < -0.39 is 11.2 Å². The average molecular weight is 445 g/mol. The van der Waals surface area contributed by atoms with Crippen molar-refractivity contribution < 1.29 is 14.3 Å². The zero-order valence-electron chi connectivity index (χ0n) is 17.3. The minimum absolute atomic E-state index is 0.213. The van der Waals surface area contributed by atoms with E-state index >= 15 is 0 Å². The van der Waals surface area contributed by atoms with Gasteiger partial charge in [0.05, 0.1) is 17.4 Å². The second-order valence-corrected chi connectivity index (χ2v) is 8.82. The van der Waals surface area contributed by atoms with E-state index in [1.165, 1.54) is 23.1 Å². The lowest BCUT2D eigenvalue weighted by atomic mass is 10.1. The van der Waals surface area contributed by atoms with Crippen LogP contribution < -0.4 is 5.32 Å². The Morgan fingerprint density at radius 3 is 2.63 bits per heavy atom. The van der Waals surface area contributed by atoms with Crippen molar-refractivity contribution in [1.29, 1.82) is 0 Å². The number of amides is 1. The maximum absolute atomic E-state index is 12.9. The zero-order valence-corrected chi connectivity index (χ0v) is 19.0. The molecule has 0 radical (unpaired) electrons. The summed E-state index contributed by atoms with van der Waals surface area (Å²) in [5, 5.41) is 11.9. The number of carbonyl (C=O) groups excluding carboxylic acids is 2.